The molecule has 1 N–H and O–H groups in total. The van der Waals surface area contributed by atoms with Gasteiger partial charge < -0.3 is 5.11 Å². The molecule has 1 aliphatic carbocycles. The maximum absolute atomic E-state index is 13.9. The van der Waals surface area contributed by atoms with Gasteiger partial charge in [0.1, 0.15) is 10.4 Å². The Balaban J connectivity index is 1.45. The third-order valence-corrected chi connectivity index (χ3v) is 10.8. The number of aromatic nitrogens is 4. The van der Waals surface area contributed by atoms with Crippen molar-refractivity contribution in [3.8, 4) is 0 Å². The Kier molecular flexibility index (Phi) is 7.15. The molecule has 4 aromatic rings. The predicted octanol–water partition coefficient (Wildman–Crippen LogP) is 4.54. The molecule has 0 saturated heterocycles. The lowest BCUT2D eigenvalue weighted by molar-refractivity contribution is -0.137. The van der Waals surface area contributed by atoms with E-state index >= 15 is 0 Å². The summed E-state index contributed by atoms with van der Waals surface area (Å²) < 4.78 is 31.2. The minimum Gasteiger partial charge on any atom is -0.481 e. The summed E-state index contributed by atoms with van der Waals surface area (Å²) >= 11 is 0. The summed E-state index contributed by atoms with van der Waals surface area (Å²) in [6.45, 7) is 4.74. The lowest BCUT2D eigenvalue weighted by Gasteiger charge is -2.26. The van der Waals surface area contributed by atoms with E-state index in [4.69, 9.17) is 0 Å². The first-order valence-electron chi connectivity index (χ1n) is 14.3. The van der Waals surface area contributed by atoms with E-state index in [1.807, 2.05) is 26.1 Å². The molecule has 2 aromatic heterocycles. The van der Waals surface area contributed by atoms with Crippen molar-refractivity contribution in [2.75, 3.05) is 6.54 Å². The normalized spacial score (nSPS) is 19.0. The van der Waals surface area contributed by atoms with Crippen LogP contribution in [0.15, 0.2) is 47.5 Å². The minimum absolute atomic E-state index is 0.0796. The summed E-state index contributed by atoms with van der Waals surface area (Å²) in [4.78, 5) is 16.9. The quantitative estimate of drug-likeness (QED) is 0.345. The van der Waals surface area contributed by atoms with Gasteiger partial charge in [0.15, 0.2) is 0 Å². The second-order valence-electron chi connectivity index (χ2n) is 11.4. The van der Waals surface area contributed by atoms with Gasteiger partial charge in [0.2, 0.25) is 10.0 Å². The Morgan fingerprint density at radius 1 is 1.20 bits per heavy atom. The molecule has 10 heteroatoms. The van der Waals surface area contributed by atoms with Gasteiger partial charge in [-0.15, -0.1) is 5.10 Å². The average molecular weight is 574 g/mol. The second-order valence-corrected chi connectivity index (χ2v) is 13.3. The molecule has 1 aliphatic heterocycles. The second kappa shape index (κ2) is 10.6. The van der Waals surface area contributed by atoms with Crippen LogP contribution in [0.2, 0.25) is 0 Å². The molecule has 2 atom stereocenters. The first kappa shape index (κ1) is 27.5. The number of benzene rings is 2. The van der Waals surface area contributed by atoms with Gasteiger partial charge in [0.25, 0.3) is 0 Å². The number of hydrogen-bond donors (Lipinski definition) is 1. The molecular formula is C31H35N5O4S. The number of carbonyl (C=O) groups is 1. The highest BCUT2D eigenvalue weighted by Crippen LogP contribution is 2.38. The highest BCUT2D eigenvalue weighted by molar-refractivity contribution is 7.89. The third-order valence-electron chi connectivity index (χ3n) is 8.90. The number of hydrogen-bond acceptors (Lipinski definition) is 6. The van der Waals surface area contributed by atoms with E-state index in [0.29, 0.717) is 23.6 Å². The van der Waals surface area contributed by atoms with Gasteiger partial charge in [-0.3, -0.25) is 9.78 Å². The smallest absolute Gasteiger partial charge is 0.304 e. The number of aliphatic carboxylic acids is 1. The van der Waals surface area contributed by atoms with Crippen LogP contribution in [0.3, 0.4) is 0 Å². The Morgan fingerprint density at radius 2 is 2.02 bits per heavy atom. The van der Waals surface area contributed by atoms with Crippen molar-refractivity contribution < 1.29 is 18.3 Å². The summed E-state index contributed by atoms with van der Waals surface area (Å²) in [5, 5.41) is 18.4. The van der Waals surface area contributed by atoms with Crippen LogP contribution in [0.25, 0.3) is 11.0 Å². The Labute approximate surface area is 240 Å². The lowest BCUT2D eigenvalue weighted by Crippen LogP contribution is -2.33. The lowest BCUT2D eigenvalue weighted by atomic mass is 9.83. The fourth-order valence-corrected chi connectivity index (χ4v) is 8.34. The van der Waals surface area contributed by atoms with Gasteiger partial charge in [-0.1, -0.05) is 36.8 Å². The molecule has 3 heterocycles. The van der Waals surface area contributed by atoms with Crippen molar-refractivity contribution in [2.24, 2.45) is 13.0 Å². The summed E-state index contributed by atoms with van der Waals surface area (Å²) in [5.41, 5.74) is 8.35. The number of sulfonamides is 1. The van der Waals surface area contributed by atoms with Crippen LogP contribution >= 0.6 is 0 Å². The molecule has 9 nitrogen and oxygen atoms in total. The summed E-state index contributed by atoms with van der Waals surface area (Å²) in [5.74, 6) is -1.13. The van der Waals surface area contributed by atoms with Crippen LogP contribution in [0.1, 0.15) is 71.2 Å². The van der Waals surface area contributed by atoms with Gasteiger partial charge in [-0.05, 0) is 90.1 Å². The molecule has 41 heavy (non-hydrogen) atoms. The topological polar surface area (TPSA) is 118 Å². The Hall–Kier alpha value is -3.63. The summed E-state index contributed by atoms with van der Waals surface area (Å²) in [6, 6.07) is 11.5. The van der Waals surface area contributed by atoms with E-state index < -0.39 is 21.9 Å². The molecule has 0 fully saturated rings. The Bertz CT molecular complexity index is 1760. The van der Waals surface area contributed by atoms with E-state index in [0.717, 1.165) is 59.0 Å². The number of aryl methyl sites for hydroxylation is 3. The first-order chi connectivity index (χ1) is 19.7. The number of fused-ring (bicyclic) bond motifs is 3. The molecule has 2 aliphatic rings. The number of carboxylic acids is 1. The highest BCUT2D eigenvalue weighted by atomic mass is 32.2. The van der Waals surface area contributed by atoms with Crippen molar-refractivity contribution in [3.63, 3.8) is 0 Å². The van der Waals surface area contributed by atoms with Crippen molar-refractivity contribution in [1.82, 2.24) is 24.3 Å². The van der Waals surface area contributed by atoms with Crippen LogP contribution < -0.4 is 0 Å². The molecule has 0 unspecified atom stereocenters. The third kappa shape index (κ3) is 4.93. The molecule has 6 rings (SSSR count). The van der Waals surface area contributed by atoms with Crippen molar-refractivity contribution in [1.29, 1.82) is 0 Å². The van der Waals surface area contributed by atoms with Crippen molar-refractivity contribution >= 4 is 27.0 Å². The van der Waals surface area contributed by atoms with Crippen molar-refractivity contribution in [2.45, 2.75) is 69.7 Å². The van der Waals surface area contributed by atoms with Gasteiger partial charge in [0, 0.05) is 32.3 Å². The maximum Gasteiger partial charge on any atom is 0.304 e. The van der Waals surface area contributed by atoms with E-state index in [1.165, 1.54) is 11.1 Å². The molecule has 2 aromatic carbocycles. The fourth-order valence-electron chi connectivity index (χ4n) is 6.66. The highest BCUT2D eigenvalue weighted by Gasteiger charge is 2.35. The molecule has 0 saturated carbocycles. The largest absolute Gasteiger partial charge is 0.481 e. The van der Waals surface area contributed by atoms with Crippen LogP contribution in [-0.2, 0) is 47.7 Å². The number of nitrogens with zero attached hydrogens (tertiary/aromatic N) is 5. The zero-order chi connectivity index (χ0) is 28.9. The molecule has 0 spiro atoms. The van der Waals surface area contributed by atoms with E-state index in [1.54, 1.807) is 27.3 Å². The van der Waals surface area contributed by atoms with Crippen LogP contribution in [-0.4, -0.2) is 50.3 Å². The zero-order valence-electron chi connectivity index (χ0n) is 23.7. The monoisotopic (exact) mass is 573 g/mol. The molecule has 0 radical (unpaired) electrons. The molecular weight excluding hydrogens is 538 g/mol. The summed E-state index contributed by atoms with van der Waals surface area (Å²) in [6.07, 6.45) is 5.85. The first-order valence-corrected chi connectivity index (χ1v) is 15.7. The van der Waals surface area contributed by atoms with Crippen LogP contribution in [0.5, 0.6) is 0 Å². The van der Waals surface area contributed by atoms with E-state index in [-0.39, 0.29) is 18.9 Å². The molecule has 0 bridgehead atoms. The molecule has 0 amide bonds. The van der Waals surface area contributed by atoms with Gasteiger partial charge in [-0.2, -0.15) is 4.31 Å². The SMILES string of the molecule is CC[C@H]1Cc2ncccc2S(=O)(=O)N(Cc2cc([C@@H](CC(=O)O)c3ccc4c(nnn4C)c3C)cc3c2CCC3)C1. The number of rotatable bonds is 7. The minimum atomic E-state index is -3.75. The van der Waals surface area contributed by atoms with Gasteiger partial charge in [0.05, 0.1) is 17.6 Å². The van der Waals surface area contributed by atoms with Crippen LogP contribution in [0.4, 0.5) is 0 Å². The van der Waals surface area contributed by atoms with Gasteiger partial charge >= 0.3 is 5.97 Å². The molecule has 214 valence electrons. The van der Waals surface area contributed by atoms with Gasteiger partial charge in [-0.25, -0.2) is 13.1 Å². The van der Waals surface area contributed by atoms with E-state index in [9.17, 15) is 18.3 Å². The predicted molar refractivity (Wildman–Crippen MR) is 155 cm³/mol. The van der Waals surface area contributed by atoms with Crippen molar-refractivity contribution in [3.05, 3.63) is 81.7 Å². The van der Waals surface area contributed by atoms with E-state index in [2.05, 4.69) is 34.4 Å². The zero-order valence-corrected chi connectivity index (χ0v) is 24.5. The fraction of sp³-hybridized carbons (Fsp3) is 0.419. The van der Waals surface area contributed by atoms with Crippen LogP contribution in [0, 0.1) is 12.8 Å². The summed E-state index contributed by atoms with van der Waals surface area (Å²) in [7, 11) is -1.91. The Morgan fingerprint density at radius 3 is 2.80 bits per heavy atom. The maximum atomic E-state index is 13.9. The average Bonchev–Trinajstić information content (AvgIpc) is 3.56. The standard InChI is InChI=1S/C31H35N5O4S/c1-4-20-13-27-29(9-6-12-32-27)41(39,40)36(17-20)18-23-15-22(14-21-7-5-8-25(21)23)26(16-30(37)38)24-10-11-28-31(19(24)2)33-34-35(28)3/h6,9-12,14-15,20,26H,4-5,7-8,13,16-18H2,1-3H3,(H,37,38)/t20-,26+/m0/s1. The number of pyridine rings is 1. The number of carboxylic acid groups (broad SMARTS) is 1.